The highest BCUT2D eigenvalue weighted by atomic mass is 16.1. The summed E-state index contributed by atoms with van der Waals surface area (Å²) in [5.74, 6) is 3.30. The van der Waals surface area contributed by atoms with Gasteiger partial charge in [-0.15, -0.1) is 6.42 Å². The fraction of sp³-hybridized carbons (Fsp3) is 0.389. The molecule has 3 saturated heterocycles. The van der Waals surface area contributed by atoms with Crippen LogP contribution in [0.4, 0.5) is 0 Å². The monoisotopic (exact) mass is 293 g/mol. The maximum absolute atomic E-state index is 12.5. The lowest BCUT2D eigenvalue weighted by molar-refractivity contribution is 0.0620. The number of hydrogen-bond donors (Lipinski definition) is 1. The predicted octanol–water partition coefficient (Wildman–Crippen LogP) is 1.74. The standard InChI is InChI=1S/C18H19N3O/c1-2-15-3-4-16-11-14(7-10-21(15)16)18(22)19-17-12-20-8-5-13(17)6-9-20/h1,3-4,7,10-11,13,17H,5-6,8-9,12H2,(H,19,22). The molecule has 1 atom stereocenters. The van der Waals surface area contributed by atoms with E-state index in [1.54, 1.807) is 0 Å². The molecule has 2 aromatic rings. The first-order chi connectivity index (χ1) is 10.7. The topological polar surface area (TPSA) is 36.8 Å². The summed E-state index contributed by atoms with van der Waals surface area (Å²) in [6, 6.07) is 7.87. The molecule has 1 unspecified atom stereocenters. The number of carbonyl (C=O) groups is 1. The molecule has 22 heavy (non-hydrogen) atoms. The van der Waals surface area contributed by atoms with Crippen LogP contribution in [0.15, 0.2) is 30.5 Å². The van der Waals surface area contributed by atoms with Gasteiger partial charge in [0.15, 0.2) is 0 Å². The van der Waals surface area contributed by atoms with E-state index in [0.717, 1.165) is 17.8 Å². The van der Waals surface area contributed by atoms with Gasteiger partial charge in [-0.05, 0) is 56.1 Å². The first-order valence-corrected chi connectivity index (χ1v) is 7.85. The number of piperidine rings is 3. The third kappa shape index (κ3) is 2.18. The molecule has 4 nitrogen and oxygen atoms in total. The van der Waals surface area contributed by atoms with Gasteiger partial charge in [-0.25, -0.2) is 0 Å². The van der Waals surface area contributed by atoms with E-state index in [1.165, 1.54) is 25.9 Å². The molecule has 1 amide bonds. The summed E-state index contributed by atoms with van der Waals surface area (Å²) in [6.45, 7) is 3.36. The molecule has 3 aliphatic rings. The van der Waals surface area contributed by atoms with E-state index >= 15 is 0 Å². The highest BCUT2D eigenvalue weighted by Gasteiger charge is 2.34. The van der Waals surface area contributed by atoms with Crippen molar-refractivity contribution in [3.63, 3.8) is 0 Å². The quantitative estimate of drug-likeness (QED) is 0.856. The molecule has 112 valence electrons. The van der Waals surface area contributed by atoms with Crippen molar-refractivity contribution in [1.82, 2.24) is 14.6 Å². The molecule has 5 heterocycles. The lowest BCUT2D eigenvalue weighted by atomic mass is 9.84. The van der Waals surface area contributed by atoms with E-state index in [4.69, 9.17) is 6.42 Å². The van der Waals surface area contributed by atoms with Crippen LogP contribution in [0.3, 0.4) is 0 Å². The Morgan fingerprint density at radius 1 is 1.27 bits per heavy atom. The molecule has 4 heteroatoms. The largest absolute Gasteiger partial charge is 0.348 e. The van der Waals surface area contributed by atoms with Crippen molar-refractivity contribution in [3.8, 4) is 12.3 Å². The lowest BCUT2D eigenvalue weighted by Crippen LogP contribution is -2.57. The van der Waals surface area contributed by atoms with Crippen LogP contribution in [0.2, 0.25) is 0 Å². The maximum Gasteiger partial charge on any atom is 0.251 e. The van der Waals surface area contributed by atoms with Gasteiger partial charge >= 0.3 is 0 Å². The summed E-state index contributed by atoms with van der Waals surface area (Å²) in [4.78, 5) is 15.0. The zero-order valence-corrected chi connectivity index (χ0v) is 12.5. The van der Waals surface area contributed by atoms with E-state index in [2.05, 4.69) is 16.1 Å². The Bertz CT molecular complexity index is 762. The average Bonchev–Trinajstić information content (AvgIpc) is 2.98. The number of aromatic nitrogens is 1. The molecule has 0 aliphatic carbocycles. The van der Waals surface area contributed by atoms with Gasteiger partial charge in [-0.2, -0.15) is 0 Å². The van der Waals surface area contributed by atoms with Crippen molar-refractivity contribution in [2.75, 3.05) is 19.6 Å². The zero-order valence-electron chi connectivity index (χ0n) is 12.5. The number of fused-ring (bicyclic) bond motifs is 4. The summed E-state index contributed by atoms with van der Waals surface area (Å²) in [5.41, 5.74) is 2.46. The van der Waals surface area contributed by atoms with Crippen molar-refractivity contribution in [3.05, 3.63) is 41.7 Å². The van der Waals surface area contributed by atoms with Crippen LogP contribution in [0, 0.1) is 18.3 Å². The number of carbonyl (C=O) groups excluding carboxylic acids is 1. The second-order valence-electron chi connectivity index (χ2n) is 6.29. The highest BCUT2D eigenvalue weighted by molar-refractivity contribution is 5.95. The number of pyridine rings is 1. The molecule has 3 aliphatic heterocycles. The van der Waals surface area contributed by atoms with E-state index in [0.29, 0.717) is 17.5 Å². The molecule has 0 saturated carbocycles. The number of nitrogens with one attached hydrogen (secondary N) is 1. The second-order valence-corrected chi connectivity index (χ2v) is 6.29. The molecule has 5 rings (SSSR count). The molecule has 3 fully saturated rings. The van der Waals surface area contributed by atoms with Gasteiger partial charge in [0.1, 0.15) is 0 Å². The molecule has 1 N–H and O–H groups in total. The van der Waals surface area contributed by atoms with Crippen LogP contribution >= 0.6 is 0 Å². The molecule has 0 radical (unpaired) electrons. The van der Waals surface area contributed by atoms with Crippen molar-refractivity contribution in [2.24, 2.45) is 5.92 Å². The van der Waals surface area contributed by atoms with Crippen LogP contribution in [0.5, 0.6) is 0 Å². The maximum atomic E-state index is 12.5. The van der Waals surface area contributed by atoms with Gasteiger partial charge in [0.2, 0.25) is 0 Å². The normalized spacial score (nSPS) is 26.8. The van der Waals surface area contributed by atoms with Crippen molar-refractivity contribution in [2.45, 2.75) is 18.9 Å². The third-order valence-electron chi connectivity index (χ3n) is 5.04. The minimum Gasteiger partial charge on any atom is -0.348 e. The molecule has 0 aromatic carbocycles. The van der Waals surface area contributed by atoms with Crippen LogP contribution in [-0.4, -0.2) is 40.9 Å². The van der Waals surface area contributed by atoms with Crippen LogP contribution in [-0.2, 0) is 0 Å². The Kier molecular flexibility index (Phi) is 3.16. The summed E-state index contributed by atoms with van der Waals surface area (Å²) >= 11 is 0. The number of rotatable bonds is 2. The van der Waals surface area contributed by atoms with Crippen molar-refractivity contribution >= 4 is 11.4 Å². The number of terminal acetylenes is 1. The SMILES string of the molecule is C#Cc1ccc2cc(C(=O)NC3CN4CCC3CC4)ccn12. The van der Waals surface area contributed by atoms with Crippen LogP contribution in [0.1, 0.15) is 28.9 Å². The van der Waals surface area contributed by atoms with E-state index in [1.807, 2.05) is 34.9 Å². The van der Waals surface area contributed by atoms with Crippen LogP contribution < -0.4 is 5.32 Å². The van der Waals surface area contributed by atoms with Gasteiger partial charge in [0.25, 0.3) is 5.91 Å². The zero-order chi connectivity index (χ0) is 15.1. The Labute approximate surface area is 130 Å². The smallest absolute Gasteiger partial charge is 0.251 e. The van der Waals surface area contributed by atoms with Crippen LogP contribution in [0.25, 0.3) is 5.52 Å². The van der Waals surface area contributed by atoms with Gasteiger partial charge in [0, 0.05) is 29.9 Å². The number of nitrogens with zero attached hydrogens (tertiary/aromatic N) is 2. The molecule has 2 bridgehead atoms. The lowest BCUT2D eigenvalue weighted by Gasteiger charge is -2.44. The highest BCUT2D eigenvalue weighted by Crippen LogP contribution is 2.27. The Morgan fingerprint density at radius 2 is 2.09 bits per heavy atom. The summed E-state index contributed by atoms with van der Waals surface area (Å²) in [7, 11) is 0. The van der Waals surface area contributed by atoms with Gasteiger partial charge in [-0.1, -0.05) is 5.92 Å². The van der Waals surface area contributed by atoms with Crippen molar-refractivity contribution < 1.29 is 4.79 Å². The summed E-state index contributed by atoms with van der Waals surface area (Å²) in [5, 5.41) is 3.22. The Balaban J connectivity index is 1.54. The van der Waals surface area contributed by atoms with E-state index < -0.39 is 0 Å². The van der Waals surface area contributed by atoms with Gasteiger partial charge < -0.3 is 14.6 Å². The fourth-order valence-electron chi connectivity index (χ4n) is 3.75. The fourth-order valence-corrected chi connectivity index (χ4v) is 3.75. The van der Waals surface area contributed by atoms with E-state index in [9.17, 15) is 4.79 Å². The number of amides is 1. The average molecular weight is 293 g/mol. The minimum absolute atomic E-state index is 0.0182. The third-order valence-corrected chi connectivity index (χ3v) is 5.04. The van der Waals surface area contributed by atoms with Gasteiger partial charge in [-0.3, -0.25) is 4.79 Å². The Hall–Kier alpha value is -2.25. The first-order valence-electron chi connectivity index (χ1n) is 7.85. The molecular formula is C18H19N3O. The summed E-state index contributed by atoms with van der Waals surface area (Å²) in [6.07, 6.45) is 9.74. The van der Waals surface area contributed by atoms with Gasteiger partial charge in [0.05, 0.1) is 5.69 Å². The Morgan fingerprint density at radius 3 is 2.77 bits per heavy atom. The minimum atomic E-state index is 0.0182. The number of hydrogen-bond acceptors (Lipinski definition) is 2. The first kappa shape index (κ1) is 13.4. The van der Waals surface area contributed by atoms with E-state index in [-0.39, 0.29) is 5.91 Å². The summed E-state index contributed by atoms with van der Waals surface area (Å²) < 4.78 is 1.92. The molecular weight excluding hydrogens is 274 g/mol. The van der Waals surface area contributed by atoms with Crippen molar-refractivity contribution in [1.29, 1.82) is 0 Å². The molecule has 0 spiro atoms. The predicted molar refractivity (Wildman–Crippen MR) is 85.8 cm³/mol. The second kappa shape index (κ2) is 5.19. The molecule has 2 aromatic heterocycles.